The SMILES string of the molecule is COc1ccc(OC)c(S(=O)(=O)N2CCC(C(C)N)CC2)c1. The molecule has 1 aliphatic rings. The molecule has 0 aromatic heterocycles. The van der Waals surface area contributed by atoms with Gasteiger partial charge < -0.3 is 15.2 Å². The fourth-order valence-electron chi connectivity index (χ4n) is 2.77. The highest BCUT2D eigenvalue weighted by Gasteiger charge is 2.32. The minimum absolute atomic E-state index is 0.0937. The quantitative estimate of drug-likeness (QED) is 0.885. The number of piperidine rings is 1. The normalized spacial score (nSPS) is 18.9. The van der Waals surface area contributed by atoms with Crippen molar-refractivity contribution in [2.75, 3.05) is 27.3 Å². The van der Waals surface area contributed by atoms with E-state index < -0.39 is 10.0 Å². The first-order valence-corrected chi connectivity index (χ1v) is 8.82. The minimum Gasteiger partial charge on any atom is -0.497 e. The predicted octanol–water partition coefficient (Wildman–Crippen LogP) is 1.45. The first kappa shape index (κ1) is 17.1. The van der Waals surface area contributed by atoms with E-state index in [1.165, 1.54) is 24.6 Å². The lowest BCUT2D eigenvalue weighted by Gasteiger charge is -2.33. The van der Waals surface area contributed by atoms with E-state index in [9.17, 15) is 8.42 Å². The molecule has 0 spiro atoms. The smallest absolute Gasteiger partial charge is 0.246 e. The van der Waals surface area contributed by atoms with Crippen LogP contribution in [0.3, 0.4) is 0 Å². The first-order chi connectivity index (χ1) is 10.4. The third-order valence-electron chi connectivity index (χ3n) is 4.23. The third-order valence-corrected chi connectivity index (χ3v) is 6.15. The average molecular weight is 328 g/mol. The lowest BCUT2D eigenvalue weighted by molar-refractivity contribution is 0.250. The standard InChI is InChI=1S/C15H24N2O4S/c1-11(16)12-6-8-17(9-7-12)22(18,19)15-10-13(20-2)4-5-14(15)21-3/h4-5,10-12H,6-9,16H2,1-3H3. The molecule has 124 valence electrons. The van der Waals surface area contributed by atoms with Crippen LogP contribution >= 0.6 is 0 Å². The van der Waals surface area contributed by atoms with E-state index in [0.29, 0.717) is 30.5 Å². The summed E-state index contributed by atoms with van der Waals surface area (Å²) in [6, 6.07) is 4.89. The van der Waals surface area contributed by atoms with Gasteiger partial charge in [0.05, 0.1) is 14.2 Å². The Morgan fingerprint density at radius 3 is 2.36 bits per heavy atom. The zero-order chi connectivity index (χ0) is 16.3. The number of sulfonamides is 1. The van der Waals surface area contributed by atoms with Crippen LogP contribution in [0, 0.1) is 5.92 Å². The molecule has 1 aromatic rings. The van der Waals surface area contributed by atoms with Crippen molar-refractivity contribution in [1.29, 1.82) is 0 Å². The fraction of sp³-hybridized carbons (Fsp3) is 0.600. The highest BCUT2D eigenvalue weighted by molar-refractivity contribution is 7.89. The van der Waals surface area contributed by atoms with Gasteiger partial charge in [0.1, 0.15) is 16.4 Å². The van der Waals surface area contributed by atoms with Crippen molar-refractivity contribution in [2.24, 2.45) is 11.7 Å². The molecule has 7 heteroatoms. The van der Waals surface area contributed by atoms with Gasteiger partial charge in [-0.15, -0.1) is 0 Å². The summed E-state index contributed by atoms with van der Waals surface area (Å²) in [6.45, 7) is 2.93. The van der Waals surface area contributed by atoms with Crippen LogP contribution in [0.15, 0.2) is 23.1 Å². The Morgan fingerprint density at radius 1 is 1.23 bits per heavy atom. The second-order valence-electron chi connectivity index (χ2n) is 5.62. The molecular formula is C15H24N2O4S. The number of nitrogens with zero attached hydrogens (tertiary/aromatic N) is 1. The summed E-state index contributed by atoms with van der Waals surface area (Å²) in [7, 11) is -0.631. The van der Waals surface area contributed by atoms with Gasteiger partial charge in [0.2, 0.25) is 10.0 Å². The molecule has 1 saturated heterocycles. The molecule has 0 amide bonds. The topological polar surface area (TPSA) is 81.9 Å². The van der Waals surface area contributed by atoms with Crippen molar-refractivity contribution in [2.45, 2.75) is 30.7 Å². The molecule has 1 atom stereocenters. The minimum atomic E-state index is -3.60. The summed E-state index contributed by atoms with van der Waals surface area (Å²) in [6.07, 6.45) is 1.56. The molecule has 2 rings (SSSR count). The Bertz CT molecular complexity index is 608. The van der Waals surface area contributed by atoms with Gasteiger partial charge in [0.25, 0.3) is 0 Å². The third kappa shape index (κ3) is 3.37. The number of methoxy groups -OCH3 is 2. The number of hydrogen-bond acceptors (Lipinski definition) is 5. The van der Waals surface area contributed by atoms with Crippen molar-refractivity contribution >= 4 is 10.0 Å². The van der Waals surface area contributed by atoms with Gasteiger partial charge in [0, 0.05) is 25.2 Å². The van der Waals surface area contributed by atoms with Crippen LogP contribution in [0.4, 0.5) is 0 Å². The van der Waals surface area contributed by atoms with E-state index in [2.05, 4.69) is 0 Å². The number of ether oxygens (including phenoxy) is 2. The van der Waals surface area contributed by atoms with Gasteiger partial charge in [-0.3, -0.25) is 0 Å². The predicted molar refractivity (Wildman–Crippen MR) is 84.7 cm³/mol. The molecule has 1 aliphatic heterocycles. The van der Waals surface area contributed by atoms with Crippen molar-refractivity contribution in [3.8, 4) is 11.5 Å². The lowest BCUT2D eigenvalue weighted by Crippen LogP contribution is -2.42. The van der Waals surface area contributed by atoms with Crippen molar-refractivity contribution in [3.05, 3.63) is 18.2 Å². The molecule has 0 aliphatic carbocycles. The van der Waals surface area contributed by atoms with E-state index in [1.807, 2.05) is 6.92 Å². The second kappa shape index (κ2) is 6.85. The van der Waals surface area contributed by atoms with Gasteiger partial charge in [0.15, 0.2) is 0 Å². The maximum atomic E-state index is 12.9. The van der Waals surface area contributed by atoms with Gasteiger partial charge in [-0.25, -0.2) is 8.42 Å². The van der Waals surface area contributed by atoms with Crippen LogP contribution in [0.5, 0.6) is 11.5 Å². The Morgan fingerprint density at radius 2 is 1.86 bits per heavy atom. The number of benzene rings is 1. The molecule has 2 N–H and O–H groups in total. The zero-order valence-corrected chi connectivity index (χ0v) is 14.1. The highest BCUT2D eigenvalue weighted by atomic mass is 32.2. The Kier molecular flexibility index (Phi) is 5.31. The van der Waals surface area contributed by atoms with E-state index in [1.54, 1.807) is 12.1 Å². The summed E-state index contributed by atoms with van der Waals surface area (Å²) in [5.74, 6) is 1.19. The van der Waals surface area contributed by atoms with Crippen LogP contribution in [0.1, 0.15) is 19.8 Å². The molecule has 22 heavy (non-hydrogen) atoms. The zero-order valence-electron chi connectivity index (χ0n) is 13.3. The average Bonchev–Trinajstić information content (AvgIpc) is 2.54. The van der Waals surface area contributed by atoms with Crippen LogP contribution < -0.4 is 15.2 Å². The largest absolute Gasteiger partial charge is 0.497 e. The molecular weight excluding hydrogens is 304 g/mol. The molecule has 1 heterocycles. The second-order valence-corrected chi connectivity index (χ2v) is 7.52. The Labute approximate surface area is 132 Å². The summed E-state index contributed by atoms with van der Waals surface area (Å²) < 4.78 is 37.6. The van der Waals surface area contributed by atoms with Crippen LogP contribution in [-0.4, -0.2) is 46.1 Å². The van der Waals surface area contributed by atoms with Crippen molar-refractivity contribution < 1.29 is 17.9 Å². The Balaban J connectivity index is 2.27. The molecule has 1 fully saturated rings. The highest BCUT2D eigenvalue weighted by Crippen LogP contribution is 2.32. The monoisotopic (exact) mass is 328 g/mol. The van der Waals surface area contributed by atoms with E-state index >= 15 is 0 Å². The summed E-state index contributed by atoms with van der Waals surface area (Å²) in [4.78, 5) is 0.147. The van der Waals surface area contributed by atoms with Crippen molar-refractivity contribution in [3.63, 3.8) is 0 Å². The van der Waals surface area contributed by atoms with E-state index in [4.69, 9.17) is 15.2 Å². The fourth-order valence-corrected chi connectivity index (χ4v) is 4.41. The van der Waals surface area contributed by atoms with Crippen LogP contribution in [-0.2, 0) is 10.0 Å². The summed E-state index contributed by atoms with van der Waals surface area (Å²) in [5.41, 5.74) is 5.91. The van der Waals surface area contributed by atoms with E-state index in [-0.39, 0.29) is 10.9 Å². The van der Waals surface area contributed by atoms with Gasteiger partial charge >= 0.3 is 0 Å². The summed E-state index contributed by atoms with van der Waals surface area (Å²) in [5, 5.41) is 0. The maximum Gasteiger partial charge on any atom is 0.246 e. The molecule has 0 bridgehead atoms. The number of nitrogens with two attached hydrogens (primary N) is 1. The lowest BCUT2D eigenvalue weighted by atomic mass is 9.92. The van der Waals surface area contributed by atoms with Crippen LogP contribution in [0.25, 0.3) is 0 Å². The molecule has 1 aromatic carbocycles. The van der Waals surface area contributed by atoms with Crippen molar-refractivity contribution in [1.82, 2.24) is 4.31 Å². The molecule has 1 unspecified atom stereocenters. The molecule has 0 radical (unpaired) electrons. The van der Waals surface area contributed by atoms with Crippen LogP contribution in [0.2, 0.25) is 0 Å². The molecule has 0 saturated carbocycles. The van der Waals surface area contributed by atoms with Gasteiger partial charge in [-0.1, -0.05) is 0 Å². The Hall–Kier alpha value is -1.31. The number of rotatable bonds is 5. The van der Waals surface area contributed by atoms with Gasteiger partial charge in [-0.2, -0.15) is 4.31 Å². The van der Waals surface area contributed by atoms with Gasteiger partial charge in [-0.05, 0) is 37.8 Å². The first-order valence-electron chi connectivity index (χ1n) is 7.38. The summed E-state index contributed by atoms with van der Waals surface area (Å²) >= 11 is 0. The van der Waals surface area contributed by atoms with E-state index in [0.717, 1.165) is 12.8 Å². The maximum absolute atomic E-state index is 12.9. The number of hydrogen-bond donors (Lipinski definition) is 1. The molecule has 6 nitrogen and oxygen atoms in total.